The molecule has 0 aliphatic rings. The van der Waals surface area contributed by atoms with E-state index >= 15 is 0 Å². The maximum absolute atomic E-state index is 5.88. The predicted octanol–water partition coefficient (Wildman–Crippen LogP) is 1.78. The number of imidazole rings is 1. The molecule has 3 aromatic heterocycles. The summed E-state index contributed by atoms with van der Waals surface area (Å²) in [6.45, 7) is 0.535. The maximum Gasteiger partial charge on any atom is 0.241 e. The van der Waals surface area contributed by atoms with Crippen LogP contribution in [0.4, 0.5) is 5.95 Å². The van der Waals surface area contributed by atoms with Gasteiger partial charge >= 0.3 is 0 Å². The Labute approximate surface area is 117 Å². The first-order valence-corrected chi connectivity index (χ1v) is 6.64. The minimum atomic E-state index is 0.125. The van der Waals surface area contributed by atoms with Crippen LogP contribution in [0.2, 0.25) is 5.28 Å². The van der Waals surface area contributed by atoms with Gasteiger partial charge in [-0.05, 0) is 11.6 Å². The number of nitrogens with zero attached hydrogens (tertiary/aromatic N) is 6. The third kappa shape index (κ3) is 2.85. The zero-order valence-corrected chi connectivity index (χ0v) is 11.1. The largest absolute Gasteiger partial charge is 0.348 e. The molecular formula is C10H8ClN7S. The second kappa shape index (κ2) is 5.29. The lowest BCUT2D eigenvalue weighted by atomic mass is 10.5. The molecule has 0 aliphatic heterocycles. The van der Waals surface area contributed by atoms with Gasteiger partial charge in [0.25, 0.3) is 0 Å². The van der Waals surface area contributed by atoms with Crippen molar-refractivity contribution in [1.29, 1.82) is 0 Å². The van der Waals surface area contributed by atoms with Crippen LogP contribution in [-0.2, 0) is 6.54 Å². The predicted molar refractivity (Wildman–Crippen MR) is 71.4 cm³/mol. The Balaban J connectivity index is 1.82. The number of hydrogen-bond donors (Lipinski definition) is 1. The first kappa shape index (κ1) is 12.0. The molecule has 0 saturated carbocycles. The average Bonchev–Trinajstić information content (AvgIpc) is 3.09. The van der Waals surface area contributed by atoms with E-state index in [1.54, 1.807) is 28.8 Å². The molecule has 0 radical (unpaired) electrons. The molecule has 0 amide bonds. The summed E-state index contributed by atoms with van der Waals surface area (Å²) in [5, 5.41) is 5.13. The van der Waals surface area contributed by atoms with Crippen molar-refractivity contribution in [2.75, 3.05) is 5.32 Å². The number of thiazole rings is 1. The van der Waals surface area contributed by atoms with E-state index in [0.29, 0.717) is 18.4 Å². The molecule has 0 aromatic carbocycles. The summed E-state index contributed by atoms with van der Waals surface area (Å²) < 4.78 is 1.65. The molecule has 19 heavy (non-hydrogen) atoms. The lowest BCUT2D eigenvalue weighted by Gasteiger charge is -2.05. The van der Waals surface area contributed by atoms with Gasteiger partial charge in [0.2, 0.25) is 17.2 Å². The number of nitrogens with one attached hydrogen (secondary N) is 1. The molecule has 0 aliphatic carbocycles. The van der Waals surface area contributed by atoms with Crippen molar-refractivity contribution >= 4 is 28.9 Å². The van der Waals surface area contributed by atoms with Crippen LogP contribution in [0.15, 0.2) is 29.6 Å². The van der Waals surface area contributed by atoms with Gasteiger partial charge in [-0.1, -0.05) is 0 Å². The third-order valence-electron chi connectivity index (χ3n) is 2.24. The van der Waals surface area contributed by atoms with Crippen LogP contribution >= 0.6 is 22.9 Å². The van der Waals surface area contributed by atoms with E-state index in [9.17, 15) is 0 Å². The van der Waals surface area contributed by atoms with Gasteiger partial charge in [-0.15, -0.1) is 11.3 Å². The van der Waals surface area contributed by atoms with E-state index in [1.165, 1.54) is 11.3 Å². The SMILES string of the molecule is Clc1nc(NCc2cscn2)nc(-n2ccnc2)n1. The summed E-state index contributed by atoms with van der Waals surface area (Å²) in [5.41, 5.74) is 2.69. The van der Waals surface area contributed by atoms with Crippen molar-refractivity contribution in [3.05, 3.63) is 40.6 Å². The van der Waals surface area contributed by atoms with E-state index < -0.39 is 0 Å². The van der Waals surface area contributed by atoms with Gasteiger partial charge < -0.3 is 5.32 Å². The molecule has 0 atom stereocenters. The Morgan fingerprint density at radius 2 is 2.26 bits per heavy atom. The molecule has 7 nitrogen and oxygen atoms in total. The fraction of sp³-hybridized carbons (Fsp3) is 0.100. The monoisotopic (exact) mass is 293 g/mol. The van der Waals surface area contributed by atoms with Gasteiger partial charge in [0.05, 0.1) is 17.7 Å². The van der Waals surface area contributed by atoms with Crippen LogP contribution in [0, 0.1) is 0 Å². The van der Waals surface area contributed by atoms with Crippen LogP contribution in [-0.4, -0.2) is 29.5 Å². The highest BCUT2D eigenvalue weighted by Gasteiger charge is 2.06. The highest BCUT2D eigenvalue weighted by molar-refractivity contribution is 7.07. The topological polar surface area (TPSA) is 81.4 Å². The van der Waals surface area contributed by atoms with Gasteiger partial charge in [0, 0.05) is 17.8 Å². The van der Waals surface area contributed by atoms with Crippen molar-refractivity contribution in [3.8, 4) is 5.95 Å². The standard InChI is InChI=1S/C10H8ClN7S/c11-8-15-9(13-3-7-4-19-6-14-7)17-10(16-8)18-2-1-12-5-18/h1-2,4-6H,3H2,(H,13,15,16,17). The number of aromatic nitrogens is 6. The van der Waals surface area contributed by atoms with Gasteiger partial charge in [0.15, 0.2) is 0 Å². The highest BCUT2D eigenvalue weighted by Crippen LogP contribution is 2.10. The molecule has 0 unspecified atom stereocenters. The summed E-state index contributed by atoms with van der Waals surface area (Å²) >= 11 is 7.41. The molecule has 3 rings (SSSR count). The zero-order valence-electron chi connectivity index (χ0n) is 9.56. The molecule has 3 heterocycles. The van der Waals surface area contributed by atoms with E-state index in [4.69, 9.17) is 11.6 Å². The van der Waals surface area contributed by atoms with Crippen LogP contribution in [0.1, 0.15) is 5.69 Å². The van der Waals surface area contributed by atoms with Crippen molar-refractivity contribution in [2.45, 2.75) is 6.54 Å². The Hall–Kier alpha value is -2.06. The highest BCUT2D eigenvalue weighted by atomic mass is 35.5. The van der Waals surface area contributed by atoms with Crippen molar-refractivity contribution in [2.24, 2.45) is 0 Å². The Morgan fingerprint density at radius 3 is 3.00 bits per heavy atom. The second-order valence-corrected chi connectivity index (χ2v) is 4.59. The molecule has 9 heteroatoms. The van der Waals surface area contributed by atoms with E-state index in [0.717, 1.165) is 5.69 Å². The third-order valence-corrected chi connectivity index (χ3v) is 3.05. The van der Waals surface area contributed by atoms with Gasteiger partial charge in [0.1, 0.15) is 6.33 Å². The van der Waals surface area contributed by atoms with Crippen molar-refractivity contribution < 1.29 is 0 Å². The minimum absolute atomic E-state index is 0.125. The normalized spacial score (nSPS) is 10.6. The molecule has 0 spiro atoms. The van der Waals surface area contributed by atoms with Gasteiger partial charge in [-0.2, -0.15) is 15.0 Å². The molecule has 96 valence electrons. The fourth-order valence-electron chi connectivity index (χ4n) is 1.41. The summed E-state index contributed by atoms with van der Waals surface area (Å²) in [4.78, 5) is 20.4. The smallest absolute Gasteiger partial charge is 0.241 e. The Bertz CT molecular complexity index is 653. The van der Waals surface area contributed by atoms with Gasteiger partial charge in [-0.3, -0.25) is 4.57 Å². The van der Waals surface area contributed by atoms with E-state index in [2.05, 4.69) is 30.2 Å². The number of hydrogen-bond acceptors (Lipinski definition) is 7. The molecule has 0 bridgehead atoms. The Kier molecular flexibility index (Phi) is 3.34. The number of rotatable bonds is 4. The minimum Gasteiger partial charge on any atom is -0.348 e. The van der Waals surface area contributed by atoms with Crippen molar-refractivity contribution in [1.82, 2.24) is 29.5 Å². The van der Waals surface area contributed by atoms with Crippen LogP contribution in [0.5, 0.6) is 0 Å². The average molecular weight is 294 g/mol. The lowest BCUT2D eigenvalue weighted by molar-refractivity contribution is 0.886. The lowest BCUT2D eigenvalue weighted by Crippen LogP contribution is -2.08. The summed E-state index contributed by atoms with van der Waals surface area (Å²) in [6, 6.07) is 0. The molecular weight excluding hydrogens is 286 g/mol. The first-order chi connectivity index (χ1) is 9.31. The van der Waals surface area contributed by atoms with E-state index in [-0.39, 0.29) is 5.28 Å². The quantitative estimate of drug-likeness (QED) is 0.789. The molecule has 1 N–H and O–H groups in total. The summed E-state index contributed by atoms with van der Waals surface area (Å²) in [7, 11) is 0. The summed E-state index contributed by atoms with van der Waals surface area (Å²) in [6.07, 6.45) is 4.96. The van der Waals surface area contributed by atoms with E-state index in [1.807, 2.05) is 5.38 Å². The molecule has 0 fully saturated rings. The fourth-order valence-corrected chi connectivity index (χ4v) is 2.12. The number of anilines is 1. The zero-order chi connectivity index (χ0) is 13.1. The summed E-state index contributed by atoms with van der Waals surface area (Å²) in [5.74, 6) is 0.815. The maximum atomic E-state index is 5.88. The van der Waals surface area contributed by atoms with Crippen LogP contribution in [0.3, 0.4) is 0 Å². The number of halogens is 1. The van der Waals surface area contributed by atoms with Crippen LogP contribution in [0.25, 0.3) is 5.95 Å². The van der Waals surface area contributed by atoms with Gasteiger partial charge in [-0.25, -0.2) is 9.97 Å². The second-order valence-electron chi connectivity index (χ2n) is 3.53. The first-order valence-electron chi connectivity index (χ1n) is 5.32. The molecule has 3 aromatic rings. The Morgan fingerprint density at radius 1 is 1.32 bits per heavy atom. The van der Waals surface area contributed by atoms with Crippen molar-refractivity contribution in [3.63, 3.8) is 0 Å². The molecule has 0 saturated heterocycles. The van der Waals surface area contributed by atoms with Crippen LogP contribution < -0.4 is 5.32 Å².